The molecule has 0 N–H and O–H groups in total. The Balaban J connectivity index is 1.42. The lowest BCUT2D eigenvalue weighted by molar-refractivity contribution is -0.142. The van der Waals surface area contributed by atoms with Crippen LogP contribution in [0.15, 0.2) is 54.9 Å². The first-order valence-electron chi connectivity index (χ1n) is 14.1. The molecular formula is C31H38F3N3O3Si. The number of carbonyl (C=O) groups is 1. The summed E-state index contributed by atoms with van der Waals surface area (Å²) in [5.74, 6) is 0.344. The number of imidazole rings is 1. The highest BCUT2D eigenvalue weighted by Crippen LogP contribution is 2.36. The van der Waals surface area contributed by atoms with E-state index in [0.717, 1.165) is 48.3 Å². The number of carbonyl (C=O) groups excluding carboxylic acids is 1. The molecule has 1 unspecified atom stereocenters. The highest BCUT2D eigenvalue weighted by Gasteiger charge is 2.35. The van der Waals surface area contributed by atoms with E-state index in [4.69, 9.17) is 9.47 Å². The van der Waals surface area contributed by atoms with Crippen LogP contribution in [0, 0.1) is 0 Å². The van der Waals surface area contributed by atoms with Gasteiger partial charge in [-0.15, -0.1) is 0 Å². The van der Waals surface area contributed by atoms with Crippen molar-refractivity contribution in [2.45, 2.75) is 77.1 Å². The topological polar surface area (TPSA) is 66.2 Å². The van der Waals surface area contributed by atoms with Crippen molar-refractivity contribution in [2.75, 3.05) is 13.2 Å². The van der Waals surface area contributed by atoms with Crippen molar-refractivity contribution >= 4 is 19.6 Å². The summed E-state index contributed by atoms with van der Waals surface area (Å²) in [5.41, 5.74) is 3.68. The Kier molecular flexibility index (Phi) is 9.86. The van der Waals surface area contributed by atoms with E-state index >= 15 is 0 Å². The van der Waals surface area contributed by atoms with Gasteiger partial charge in [-0.25, -0.2) is 4.98 Å². The Labute approximate surface area is 240 Å². The number of nitrogens with zero attached hydrogens (tertiary/aromatic N) is 3. The largest absolute Gasteiger partial charge is 0.466 e. The summed E-state index contributed by atoms with van der Waals surface area (Å²) in [6, 6.07) is 12.7. The highest BCUT2D eigenvalue weighted by molar-refractivity contribution is 6.76. The molecular weight excluding hydrogens is 547 g/mol. The second-order valence-electron chi connectivity index (χ2n) is 11.6. The van der Waals surface area contributed by atoms with E-state index in [1.165, 1.54) is 10.1 Å². The highest BCUT2D eigenvalue weighted by atomic mass is 28.3. The van der Waals surface area contributed by atoms with E-state index in [1.807, 2.05) is 18.2 Å². The molecule has 0 saturated carbocycles. The fourth-order valence-corrected chi connectivity index (χ4v) is 5.55. The smallest absolute Gasteiger partial charge is 0.434 e. The van der Waals surface area contributed by atoms with Crippen molar-refractivity contribution in [1.82, 2.24) is 14.5 Å². The van der Waals surface area contributed by atoms with Crippen LogP contribution in [0.3, 0.4) is 0 Å². The first-order valence-corrected chi connectivity index (χ1v) is 17.8. The summed E-state index contributed by atoms with van der Waals surface area (Å²) >= 11 is 0. The molecule has 1 aliphatic rings. The summed E-state index contributed by atoms with van der Waals surface area (Å²) in [7, 11) is -1.32. The molecule has 41 heavy (non-hydrogen) atoms. The van der Waals surface area contributed by atoms with Gasteiger partial charge in [-0.1, -0.05) is 50.0 Å². The van der Waals surface area contributed by atoms with Crippen LogP contribution in [-0.2, 0) is 33.6 Å². The van der Waals surface area contributed by atoms with Gasteiger partial charge in [0.1, 0.15) is 12.6 Å². The van der Waals surface area contributed by atoms with Crippen molar-refractivity contribution in [3.05, 3.63) is 77.4 Å². The number of allylic oxidation sites excluding steroid dienone is 2. The first kappa shape index (κ1) is 30.7. The number of rotatable bonds is 11. The van der Waals surface area contributed by atoms with Gasteiger partial charge in [0, 0.05) is 32.6 Å². The zero-order valence-corrected chi connectivity index (χ0v) is 25.1. The summed E-state index contributed by atoms with van der Waals surface area (Å²) in [5, 5.41) is 0. The standard InChI is InChI=1S/C31H38F3N3O3Si/c1-5-40-29(38)18-22-6-8-23(9-7-22)24-10-12-25(13-11-24)27-15-14-26(19-35-27)30-36-28(31(32,33)34)20-37(30)21-39-16-17-41(2,3)4/h6-9,12,14-15,19-20,24H,5,10-11,13,16-18,21H2,1-4H3. The van der Waals surface area contributed by atoms with Crippen LogP contribution in [0.25, 0.3) is 17.0 Å². The third-order valence-corrected chi connectivity index (χ3v) is 8.86. The maximum Gasteiger partial charge on any atom is 0.434 e. The molecule has 0 fully saturated rings. The predicted octanol–water partition coefficient (Wildman–Crippen LogP) is 7.73. The first-order chi connectivity index (χ1) is 19.4. The van der Waals surface area contributed by atoms with E-state index in [2.05, 4.69) is 47.8 Å². The lowest BCUT2D eigenvalue weighted by Gasteiger charge is -2.22. The Morgan fingerprint density at radius 3 is 2.46 bits per heavy atom. The molecule has 0 spiro atoms. The number of benzene rings is 1. The van der Waals surface area contributed by atoms with Gasteiger partial charge in [-0.3, -0.25) is 9.78 Å². The molecule has 0 saturated heterocycles. The molecule has 2 heterocycles. The van der Waals surface area contributed by atoms with E-state index in [0.29, 0.717) is 24.7 Å². The molecule has 6 nitrogen and oxygen atoms in total. The maximum atomic E-state index is 13.4. The molecule has 1 atom stereocenters. The average Bonchev–Trinajstić information content (AvgIpc) is 3.36. The minimum Gasteiger partial charge on any atom is -0.466 e. The lowest BCUT2D eigenvalue weighted by Crippen LogP contribution is -2.22. The molecule has 0 bridgehead atoms. The van der Waals surface area contributed by atoms with Gasteiger partial charge in [0.2, 0.25) is 0 Å². The molecule has 1 aromatic carbocycles. The lowest BCUT2D eigenvalue weighted by atomic mass is 9.83. The predicted molar refractivity (Wildman–Crippen MR) is 156 cm³/mol. The van der Waals surface area contributed by atoms with Gasteiger partial charge < -0.3 is 14.0 Å². The van der Waals surface area contributed by atoms with Crippen molar-refractivity contribution in [2.24, 2.45) is 0 Å². The van der Waals surface area contributed by atoms with Crippen LogP contribution in [0.1, 0.15) is 54.6 Å². The number of hydrogen-bond donors (Lipinski definition) is 0. The van der Waals surface area contributed by atoms with Crippen molar-refractivity contribution < 1.29 is 27.4 Å². The number of aromatic nitrogens is 3. The fourth-order valence-electron chi connectivity index (χ4n) is 4.79. The quantitative estimate of drug-likeness (QED) is 0.131. The molecule has 0 radical (unpaired) electrons. The Morgan fingerprint density at radius 2 is 1.88 bits per heavy atom. The number of pyridine rings is 1. The minimum atomic E-state index is -4.55. The van der Waals surface area contributed by atoms with Gasteiger partial charge in [-0.2, -0.15) is 13.2 Å². The molecule has 10 heteroatoms. The van der Waals surface area contributed by atoms with Crippen LogP contribution in [0.2, 0.25) is 25.7 Å². The number of esters is 1. The Morgan fingerprint density at radius 1 is 1.12 bits per heavy atom. The minimum absolute atomic E-state index is 0.000983. The van der Waals surface area contributed by atoms with Gasteiger partial charge in [0.05, 0.1) is 18.7 Å². The molecule has 0 amide bonds. The van der Waals surface area contributed by atoms with Crippen LogP contribution in [0.4, 0.5) is 13.2 Å². The zero-order valence-electron chi connectivity index (χ0n) is 24.1. The Hall–Kier alpha value is -3.24. The SMILES string of the molecule is CCOC(=O)Cc1ccc(C2CC=C(c3ccc(-c4nc(C(F)(F)F)cn4COCC[Si](C)(C)C)cn3)CC2)cc1. The summed E-state index contributed by atoms with van der Waals surface area (Å²) in [6.45, 7) is 9.35. The van der Waals surface area contributed by atoms with Gasteiger partial charge in [0.25, 0.3) is 0 Å². The van der Waals surface area contributed by atoms with Crippen LogP contribution >= 0.6 is 0 Å². The maximum absolute atomic E-state index is 13.4. The van der Waals surface area contributed by atoms with Gasteiger partial charge in [-0.05, 0) is 67.0 Å². The van der Waals surface area contributed by atoms with E-state index < -0.39 is 19.9 Å². The number of ether oxygens (including phenoxy) is 2. The molecule has 1 aliphatic carbocycles. The van der Waals surface area contributed by atoms with Crippen molar-refractivity contribution in [3.8, 4) is 11.4 Å². The summed E-state index contributed by atoms with van der Waals surface area (Å²) < 4.78 is 52.5. The summed E-state index contributed by atoms with van der Waals surface area (Å²) in [6.07, 6.45) is 3.18. The monoisotopic (exact) mass is 585 g/mol. The zero-order chi connectivity index (χ0) is 29.6. The fraction of sp³-hybridized carbons (Fsp3) is 0.452. The van der Waals surface area contributed by atoms with Gasteiger partial charge in [0.15, 0.2) is 5.69 Å². The number of halogens is 3. The van der Waals surface area contributed by atoms with Crippen LogP contribution in [-0.4, -0.2) is 41.8 Å². The van der Waals surface area contributed by atoms with Crippen molar-refractivity contribution in [3.63, 3.8) is 0 Å². The Bertz CT molecular complexity index is 1340. The molecule has 3 aromatic rings. The third-order valence-electron chi connectivity index (χ3n) is 7.16. The summed E-state index contributed by atoms with van der Waals surface area (Å²) in [4.78, 5) is 20.2. The van der Waals surface area contributed by atoms with E-state index in [1.54, 1.807) is 19.2 Å². The number of hydrogen-bond acceptors (Lipinski definition) is 5. The average molecular weight is 586 g/mol. The molecule has 2 aromatic heterocycles. The number of alkyl halides is 3. The molecule has 0 aliphatic heterocycles. The third kappa shape index (κ3) is 8.62. The van der Waals surface area contributed by atoms with Crippen molar-refractivity contribution in [1.29, 1.82) is 0 Å². The molecule has 4 rings (SSSR count). The van der Waals surface area contributed by atoms with Gasteiger partial charge >= 0.3 is 12.1 Å². The second kappa shape index (κ2) is 13.2. The van der Waals surface area contributed by atoms with Crippen LogP contribution in [0.5, 0.6) is 0 Å². The van der Waals surface area contributed by atoms with E-state index in [-0.39, 0.29) is 24.9 Å². The second-order valence-corrected chi connectivity index (χ2v) is 17.2. The van der Waals surface area contributed by atoms with Crippen LogP contribution < -0.4 is 0 Å². The normalized spacial score (nSPS) is 16.0. The molecule has 220 valence electrons. The van der Waals surface area contributed by atoms with E-state index in [9.17, 15) is 18.0 Å².